The average Bonchev–Trinajstić information content (AvgIpc) is 3.07. The van der Waals surface area contributed by atoms with Crippen molar-refractivity contribution in [2.24, 2.45) is 0 Å². The van der Waals surface area contributed by atoms with Crippen LogP contribution in [-0.2, 0) is 4.74 Å². The number of nitriles is 1. The van der Waals surface area contributed by atoms with E-state index in [9.17, 15) is 14.9 Å². The van der Waals surface area contributed by atoms with Gasteiger partial charge in [-0.2, -0.15) is 5.26 Å². The number of nitrogen functional groups attached to an aromatic ring is 1. The third-order valence-electron chi connectivity index (χ3n) is 4.78. The summed E-state index contributed by atoms with van der Waals surface area (Å²) in [6, 6.07) is 14.3. The Labute approximate surface area is 168 Å². The number of benzene rings is 2. The molecule has 0 saturated carbocycles. The molecule has 146 valence electrons. The minimum absolute atomic E-state index is 0.0320. The Balaban J connectivity index is 2.01. The fraction of sp³-hybridized carbons (Fsp3) is 0.136. The Morgan fingerprint density at radius 1 is 1.17 bits per heavy atom. The van der Waals surface area contributed by atoms with E-state index in [0.29, 0.717) is 11.3 Å². The van der Waals surface area contributed by atoms with Crippen LogP contribution in [0.2, 0.25) is 0 Å². The van der Waals surface area contributed by atoms with Gasteiger partial charge in [0.15, 0.2) is 5.69 Å². The molecule has 0 unspecified atom stereocenters. The lowest BCUT2D eigenvalue weighted by molar-refractivity contribution is 0.0593. The summed E-state index contributed by atoms with van der Waals surface area (Å²) in [6.07, 6.45) is 1.45. The van der Waals surface area contributed by atoms with E-state index in [4.69, 9.17) is 10.5 Å². The van der Waals surface area contributed by atoms with Crippen LogP contribution in [0.25, 0.3) is 5.69 Å². The molecule has 3 N–H and O–H groups in total. The molecule has 0 aliphatic rings. The fourth-order valence-electron chi connectivity index (χ4n) is 3.00. The SMILES string of the molecule is COC(=O)c1c(N)c(C#N)cn1-c1cccc(C(=O)Nc2cccc(C)c2C)c1. The minimum Gasteiger partial charge on any atom is -0.464 e. The Morgan fingerprint density at radius 2 is 1.90 bits per heavy atom. The second kappa shape index (κ2) is 7.90. The number of aromatic nitrogens is 1. The molecule has 2 aromatic carbocycles. The highest BCUT2D eigenvalue weighted by molar-refractivity contribution is 6.05. The number of hydrogen-bond acceptors (Lipinski definition) is 5. The Kier molecular flexibility index (Phi) is 5.37. The Morgan fingerprint density at radius 3 is 2.59 bits per heavy atom. The van der Waals surface area contributed by atoms with Crippen LogP contribution in [0.4, 0.5) is 11.4 Å². The molecule has 7 heteroatoms. The van der Waals surface area contributed by atoms with Gasteiger partial charge < -0.3 is 20.4 Å². The largest absolute Gasteiger partial charge is 0.464 e. The van der Waals surface area contributed by atoms with Gasteiger partial charge in [-0.15, -0.1) is 0 Å². The summed E-state index contributed by atoms with van der Waals surface area (Å²) in [5.74, 6) is -0.963. The summed E-state index contributed by atoms with van der Waals surface area (Å²) in [5, 5.41) is 12.2. The molecule has 0 spiro atoms. The van der Waals surface area contributed by atoms with Crippen molar-refractivity contribution in [2.45, 2.75) is 13.8 Å². The first-order chi connectivity index (χ1) is 13.9. The van der Waals surface area contributed by atoms with Crippen LogP contribution < -0.4 is 11.1 Å². The smallest absolute Gasteiger partial charge is 0.357 e. The second-order valence-electron chi connectivity index (χ2n) is 6.53. The van der Waals surface area contributed by atoms with E-state index in [0.717, 1.165) is 16.8 Å². The standard InChI is InChI=1S/C22H20N4O3/c1-13-6-4-9-18(14(13)2)25-21(27)15-7-5-8-17(10-15)26-12-16(11-23)19(24)20(26)22(28)29-3/h4-10,12H,24H2,1-3H3,(H,25,27). The van der Waals surface area contributed by atoms with Gasteiger partial charge in [-0.1, -0.05) is 18.2 Å². The van der Waals surface area contributed by atoms with Gasteiger partial charge >= 0.3 is 5.97 Å². The van der Waals surface area contributed by atoms with E-state index in [1.165, 1.54) is 17.9 Å². The molecule has 29 heavy (non-hydrogen) atoms. The molecule has 0 bridgehead atoms. The Hall–Kier alpha value is -4.05. The zero-order chi connectivity index (χ0) is 21.1. The number of aryl methyl sites for hydroxylation is 1. The number of anilines is 2. The number of ether oxygens (including phenoxy) is 1. The number of esters is 1. The van der Waals surface area contributed by atoms with E-state index < -0.39 is 5.97 Å². The van der Waals surface area contributed by atoms with Crippen LogP contribution >= 0.6 is 0 Å². The van der Waals surface area contributed by atoms with Gasteiger partial charge in [-0.25, -0.2) is 4.79 Å². The lowest BCUT2D eigenvalue weighted by Gasteiger charge is -2.12. The molecule has 0 fully saturated rings. The molecule has 0 radical (unpaired) electrons. The topological polar surface area (TPSA) is 110 Å². The van der Waals surface area contributed by atoms with Crippen molar-refractivity contribution in [1.29, 1.82) is 5.26 Å². The number of carbonyl (C=O) groups excluding carboxylic acids is 2. The van der Waals surface area contributed by atoms with Crippen molar-refractivity contribution in [2.75, 3.05) is 18.2 Å². The lowest BCUT2D eigenvalue weighted by Crippen LogP contribution is -2.14. The summed E-state index contributed by atoms with van der Waals surface area (Å²) < 4.78 is 6.24. The normalized spacial score (nSPS) is 10.3. The maximum atomic E-state index is 12.8. The highest BCUT2D eigenvalue weighted by Crippen LogP contribution is 2.25. The van der Waals surface area contributed by atoms with E-state index in [-0.39, 0.29) is 22.9 Å². The van der Waals surface area contributed by atoms with Crippen molar-refractivity contribution < 1.29 is 14.3 Å². The average molecular weight is 388 g/mol. The number of nitrogens with zero attached hydrogens (tertiary/aromatic N) is 2. The summed E-state index contributed by atoms with van der Waals surface area (Å²) in [7, 11) is 1.24. The first-order valence-corrected chi connectivity index (χ1v) is 8.84. The van der Waals surface area contributed by atoms with Crippen molar-refractivity contribution in [1.82, 2.24) is 4.57 Å². The summed E-state index contributed by atoms with van der Waals surface area (Å²) in [5.41, 5.74) is 9.85. The highest BCUT2D eigenvalue weighted by atomic mass is 16.5. The van der Waals surface area contributed by atoms with E-state index in [1.807, 2.05) is 38.1 Å². The summed E-state index contributed by atoms with van der Waals surface area (Å²) in [6.45, 7) is 3.92. The molecule has 0 saturated heterocycles. The van der Waals surface area contributed by atoms with Crippen molar-refractivity contribution in [3.05, 3.63) is 76.6 Å². The molecular formula is C22H20N4O3. The van der Waals surface area contributed by atoms with Crippen LogP contribution in [0.5, 0.6) is 0 Å². The molecule has 1 amide bonds. The summed E-state index contributed by atoms with van der Waals surface area (Å²) >= 11 is 0. The molecule has 1 heterocycles. The number of nitrogens with two attached hydrogens (primary N) is 1. The molecule has 3 rings (SSSR count). The number of rotatable bonds is 4. The van der Waals surface area contributed by atoms with Crippen molar-refractivity contribution in [3.8, 4) is 11.8 Å². The lowest BCUT2D eigenvalue weighted by atomic mass is 10.1. The Bertz CT molecular complexity index is 1160. The molecule has 1 aromatic heterocycles. The van der Waals surface area contributed by atoms with E-state index >= 15 is 0 Å². The van der Waals surface area contributed by atoms with Crippen LogP contribution in [0, 0.1) is 25.2 Å². The van der Waals surface area contributed by atoms with Gasteiger partial charge in [0.1, 0.15) is 6.07 Å². The number of amides is 1. The zero-order valence-corrected chi connectivity index (χ0v) is 16.3. The van der Waals surface area contributed by atoms with Gasteiger partial charge in [-0.05, 0) is 49.2 Å². The summed E-state index contributed by atoms with van der Waals surface area (Å²) in [4.78, 5) is 25.0. The fourth-order valence-corrected chi connectivity index (χ4v) is 3.00. The maximum absolute atomic E-state index is 12.8. The van der Waals surface area contributed by atoms with Crippen molar-refractivity contribution in [3.63, 3.8) is 0 Å². The predicted molar refractivity (Wildman–Crippen MR) is 110 cm³/mol. The highest BCUT2D eigenvalue weighted by Gasteiger charge is 2.22. The third kappa shape index (κ3) is 3.69. The van der Waals surface area contributed by atoms with E-state index in [2.05, 4.69) is 5.32 Å². The minimum atomic E-state index is -0.672. The molecular weight excluding hydrogens is 368 g/mol. The van der Waals surface area contributed by atoms with Crippen LogP contribution in [-0.4, -0.2) is 23.6 Å². The maximum Gasteiger partial charge on any atom is 0.357 e. The van der Waals surface area contributed by atoms with Crippen LogP contribution in [0.15, 0.2) is 48.7 Å². The molecule has 7 nitrogen and oxygen atoms in total. The first-order valence-electron chi connectivity index (χ1n) is 8.84. The quantitative estimate of drug-likeness (QED) is 0.664. The van der Waals surface area contributed by atoms with Gasteiger partial charge in [0.25, 0.3) is 5.91 Å². The van der Waals surface area contributed by atoms with Crippen LogP contribution in [0.3, 0.4) is 0 Å². The van der Waals surface area contributed by atoms with Crippen molar-refractivity contribution >= 4 is 23.3 Å². The number of methoxy groups -OCH3 is 1. The van der Waals surface area contributed by atoms with Crippen LogP contribution in [0.1, 0.15) is 37.5 Å². The molecule has 0 atom stereocenters. The predicted octanol–water partition coefficient (Wildman–Crippen LogP) is 3.59. The second-order valence-corrected chi connectivity index (χ2v) is 6.53. The molecule has 0 aliphatic heterocycles. The number of hydrogen-bond donors (Lipinski definition) is 2. The monoisotopic (exact) mass is 388 g/mol. The first kappa shape index (κ1) is 19.7. The van der Waals surface area contributed by atoms with Gasteiger partial charge in [0, 0.05) is 23.1 Å². The third-order valence-corrected chi connectivity index (χ3v) is 4.78. The molecule has 3 aromatic rings. The van der Waals surface area contributed by atoms with Gasteiger partial charge in [0.2, 0.25) is 0 Å². The zero-order valence-electron chi connectivity index (χ0n) is 16.3. The van der Waals surface area contributed by atoms with E-state index in [1.54, 1.807) is 24.3 Å². The van der Waals surface area contributed by atoms with Gasteiger partial charge in [-0.3, -0.25) is 4.79 Å². The molecule has 0 aliphatic carbocycles. The van der Waals surface area contributed by atoms with Gasteiger partial charge in [0.05, 0.1) is 18.4 Å². The number of nitrogens with one attached hydrogen (secondary N) is 1. The number of carbonyl (C=O) groups is 2.